The Kier molecular flexibility index (Phi) is 3.76. The lowest BCUT2D eigenvalue weighted by atomic mass is 10.1. The van der Waals surface area contributed by atoms with Crippen molar-refractivity contribution >= 4 is 27.6 Å². The number of hydrogen-bond donors (Lipinski definition) is 1. The van der Waals surface area contributed by atoms with Crippen LogP contribution >= 0.6 is 0 Å². The van der Waals surface area contributed by atoms with Crippen LogP contribution < -0.4 is 0 Å². The molecule has 0 spiro atoms. The molecule has 0 unspecified atom stereocenters. The molecule has 2 aromatic rings. The third-order valence-electron chi connectivity index (χ3n) is 3.76. The Labute approximate surface area is 141 Å². The summed E-state index contributed by atoms with van der Waals surface area (Å²) < 4.78 is 25.6. The Morgan fingerprint density at radius 3 is 2.48 bits per heavy atom. The van der Waals surface area contributed by atoms with Gasteiger partial charge in [-0.05, 0) is 23.8 Å². The number of carbonyl (C=O) groups is 2. The number of carbonyl (C=O) groups excluding carboxylic acids is 1. The third kappa shape index (κ3) is 2.62. The van der Waals surface area contributed by atoms with Crippen LogP contribution in [0.25, 0.3) is 0 Å². The number of carboxylic acid groups (broad SMARTS) is 1. The standard InChI is InChI=1S/C15H10N2O7S/c18-14-12-3-1-2-4-13(12)25(23,24)16(14)8-9-7-10(17(21)22)5-6-11(9)15(19)20/h1-7H,8H2,(H,19,20). The summed E-state index contributed by atoms with van der Waals surface area (Å²) in [5, 5.41) is 20.1. The van der Waals surface area contributed by atoms with E-state index in [4.69, 9.17) is 0 Å². The molecule has 0 aliphatic carbocycles. The molecule has 25 heavy (non-hydrogen) atoms. The summed E-state index contributed by atoms with van der Waals surface area (Å²) >= 11 is 0. The van der Waals surface area contributed by atoms with Crippen molar-refractivity contribution in [1.82, 2.24) is 4.31 Å². The fourth-order valence-corrected chi connectivity index (χ4v) is 4.12. The molecule has 0 saturated heterocycles. The zero-order valence-electron chi connectivity index (χ0n) is 12.4. The number of nitrogens with zero attached hydrogens (tertiary/aromatic N) is 2. The molecular formula is C15H10N2O7S. The summed E-state index contributed by atoms with van der Waals surface area (Å²) in [6.45, 7) is -0.612. The van der Waals surface area contributed by atoms with Gasteiger partial charge in [0.15, 0.2) is 0 Å². The van der Waals surface area contributed by atoms with Gasteiger partial charge in [0.05, 0.1) is 22.6 Å². The van der Waals surface area contributed by atoms with E-state index in [-0.39, 0.29) is 21.6 Å². The quantitative estimate of drug-likeness (QED) is 0.645. The number of nitro groups is 1. The maximum absolute atomic E-state index is 12.5. The minimum absolute atomic E-state index is 0.0233. The van der Waals surface area contributed by atoms with E-state index in [1.54, 1.807) is 0 Å². The van der Waals surface area contributed by atoms with Crippen LogP contribution in [0, 0.1) is 10.1 Å². The molecule has 1 N–H and O–H groups in total. The molecule has 1 heterocycles. The first-order valence-electron chi connectivity index (χ1n) is 6.90. The molecule has 0 fully saturated rings. The molecule has 1 aliphatic heterocycles. The predicted octanol–water partition coefficient (Wildman–Crippen LogP) is 1.64. The second-order valence-corrected chi connectivity index (χ2v) is 7.05. The first-order chi connectivity index (χ1) is 11.7. The largest absolute Gasteiger partial charge is 0.478 e. The van der Waals surface area contributed by atoms with E-state index >= 15 is 0 Å². The number of amides is 1. The maximum Gasteiger partial charge on any atom is 0.336 e. The molecule has 0 bridgehead atoms. The van der Waals surface area contributed by atoms with E-state index in [9.17, 15) is 33.2 Å². The molecule has 10 heteroatoms. The topological polar surface area (TPSA) is 135 Å². The van der Waals surface area contributed by atoms with Crippen molar-refractivity contribution in [3.63, 3.8) is 0 Å². The highest BCUT2D eigenvalue weighted by Crippen LogP contribution is 2.32. The Hall–Kier alpha value is -3.27. The number of fused-ring (bicyclic) bond motifs is 1. The minimum Gasteiger partial charge on any atom is -0.478 e. The van der Waals surface area contributed by atoms with E-state index in [0.717, 1.165) is 18.2 Å². The van der Waals surface area contributed by atoms with Crippen molar-refractivity contribution < 1.29 is 28.0 Å². The summed E-state index contributed by atoms with van der Waals surface area (Å²) in [6, 6.07) is 8.55. The summed E-state index contributed by atoms with van der Waals surface area (Å²) in [5.41, 5.74) is -0.887. The van der Waals surface area contributed by atoms with E-state index < -0.39 is 39.1 Å². The molecule has 0 radical (unpaired) electrons. The van der Waals surface area contributed by atoms with E-state index in [2.05, 4.69) is 0 Å². The Balaban J connectivity index is 2.09. The average Bonchev–Trinajstić information content (AvgIpc) is 2.76. The van der Waals surface area contributed by atoms with Crippen LogP contribution in [0.4, 0.5) is 5.69 Å². The summed E-state index contributed by atoms with van der Waals surface area (Å²) in [5.74, 6) is -2.19. The number of benzene rings is 2. The van der Waals surface area contributed by atoms with Gasteiger partial charge in [0.25, 0.3) is 21.6 Å². The summed E-state index contributed by atoms with van der Waals surface area (Å²) in [6.07, 6.45) is 0. The number of sulfonamides is 1. The number of hydrogen-bond acceptors (Lipinski definition) is 6. The number of carboxylic acids is 1. The maximum atomic E-state index is 12.5. The van der Waals surface area contributed by atoms with Crippen molar-refractivity contribution in [2.75, 3.05) is 0 Å². The van der Waals surface area contributed by atoms with Crippen molar-refractivity contribution in [1.29, 1.82) is 0 Å². The first kappa shape index (κ1) is 16.6. The first-order valence-corrected chi connectivity index (χ1v) is 8.34. The Bertz CT molecular complexity index is 1030. The molecule has 1 amide bonds. The SMILES string of the molecule is O=C(O)c1ccc([N+](=O)[O-])cc1CN1C(=O)c2ccccc2S1(=O)=O. The number of non-ortho nitro benzene ring substituents is 1. The highest BCUT2D eigenvalue weighted by molar-refractivity contribution is 7.90. The van der Waals surface area contributed by atoms with Crippen LogP contribution in [0.5, 0.6) is 0 Å². The number of rotatable bonds is 4. The van der Waals surface area contributed by atoms with Gasteiger partial charge in [0.2, 0.25) is 0 Å². The Morgan fingerprint density at radius 2 is 1.88 bits per heavy atom. The predicted molar refractivity (Wildman–Crippen MR) is 83.6 cm³/mol. The molecule has 0 atom stereocenters. The Morgan fingerprint density at radius 1 is 1.20 bits per heavy atom. The molecule has 2 aromatic carbocycles. The number of nitro benzene ring substituents is 1. The molecular weight excluding hydrogens is 352 g/mol. The van der Waals surface area contributed by atoms with Crippen LogP contribution in [-0.2, 0) is 16.6 Å². The van der Waals surface area contributed by atoms with E-state index in [1.165, 1.54) is 24.3 Å². The molecule has 128 valence electrons. The van der Waals surface area contributed by atoms with Crippen molar-refractivity contribution in [2.24, 2.45) is 0 Å². The van der Waals surface area contributed by atoms with Gasteiger partial charge in [-0.1, -0.05) is 12.1 Å². The van der Waals surface area contributed by atoms with Crippen LogP contribution in [0.2, 0.25) is 0 Å². The smallest absolute Gasteiger partial charge is 0.336 e. The van der Waals surface area contributed by atoms with Crippen LogP contribution in [0.1, 0.15) is 26.3 Å². The normalized spacial score (nSPS) is 15.0. The van der Waals surface area contributed by atoms with Crippen LogP contribution in [0.3, 0.4) is 0 Å². The van der Waals surface area contributed by atoms with Gasteiger partial charge in [-0.25, -0.2) is 17.5 Å². The minimum atomic E-state index is -4.15. The molecule has 0 saturated carbocycles. The fourth-order valence-electron chi connectivity index (χ4n) is 2.58. The second kappa shape index (κ2) is 5.67. The van der Waals surface area contributed by atoms with Gasteiger partial charge in [-0.3, -0.25) is 14.9 Å². The van der Waals surface area contributed by atoms with Gasteiger partial charge >= 0.3 is 5.97 Å². The number of aromatic carboxylic acids is 1. The lowest BCUT2D eigenvalue weighted by Gasteiger charge is -2.16. The lowest BCUT2D eigenvalue weighted by molar-refractivity contribution is -0.384. The second-order valence-electron chi connectivity index (χ2n) is 5.22. The summed E-state index contributed by atoms with van der Waals surface area (Å²) in [4.78, 5) is 33.7. The fraction of sp³-hybridized carbons (Fsp3) is 0.0667. The van der Waals surface area contributed by atoms with Crippen LogP contribution in [0.15, 0.2) is 47.4 Å². The van der Waals surface area contributed by atoms with Gasteiger partial charge in [0, 0.05) is 12.1 Å². The van der Waals surface area contributed by atoms with Crippen molar-refractivity contribution in [3.05, 3.63) is 69.3 Å². The molecule has 9 nitrogen and oxygen atoms in total. The van der Waals surface area contributed by atoms with E-state index in [0.29, 0.717) is 4.31 Å². The average molecular weight is 362 g/mol. The highest BCUT2D eigenvalue weighted by Gasteiger charge is 2.41. The third-order valence-corrected chi connectivity index (χ3v) is 5.54. The van der Waals surface area contributed by atoms with Crippen molar-refractivity contribution in [3.8, 4) is 0 Å². The highest BCUT2D eigenvalue weighted by atomic mass is 32.2. The van der Waals surface area contributed by atoms with Gasteiger partial charge < -0.3 is 5.11 Å². The zero-order valence-corrected chi connectivity index (χ0v) is 13.3. The monoisotopic (exact) mass is 362 g/mol. The lowest BCUT2D eigenvalue weighted by Crippen LogP contribution is -2.30. The van der Waals surface area contributed by atoms with Gasteiger partial charge in [0.1, 0.15) is 4.90 Å². The summed E-state index contributed by atoms with van der Waals surface area (Å²) in [7, 11) is -4.15. The van der Waals surface area contributed by atoms with Crippen molar-refractivity contribution in [2.45, 2.75) is 11.4 Å². The molecule has 0 aromatic heterocycles. The van der Waals surface area contributed by atoms with E-state index in [1.807, 2.05) is 0 Å². The van der Waals surface area contributed by atoms with Gasteiger partial charge in [-0.15, -0.1) is 0 Å². The van der Waals surface area contributed by atoms with Gasteiger partial charge in [-0.2, -0.15) is 0 Å². The zero-order chi connectivity index (χ0) is 18.4. The van der Waals surface area contributed by atoms with Crippen LogP contribution in [-0.4, -0.2) is 34.6 Å². The molecule has 1 aliphatic rings. The molecule has 3 rings (SSSR count).